The fraction of sp³-hybridized carbons (Fsp3) is 0.130. The third kappa shape index (κ3) is 5.07. The zero-order chi connectivity index (χ0) is 24.5. The highest BCUT2D eigenvalue weighted by molar-refractivity contribution is 7.90. The third-order valence-electron chi connectivity index (χ3n) is 5.20. The lowest BCUT2D eigenvalue weighted by molar-refractivity contribution is -0.137. The van der Waals surface area contributed by atoms with Gasteiger partial charge in [-0.1, -0.05) is 54.1 Å². The summed E-state index contributed by atoms with van der Waals surface area (Å²) in [6.45, 7) is 0.0658. The van der Waals surface area contributed by atoms with Crippen LogP contribution in [0.15, 0.2) is 88.9 Å². The minimum Gasteiger partial charge on any atom is -0.246 e. The van der Waals surface area contributed by atoms with Crippen LogP contribution < -0.4 is 4.72 Å². The zero-order valence-corrected chi connectivity index (χ0v) is 18.9. The lowest BCUT2D eigenvalue weighted by atomic mass is 9.91. The molecule has 1 N–H and O–H groups in total. The Kier molecular flexibility index (Phi) is 6.37. The number of halogens is 4. The number of hydrogen-bond donors (Lipinski definition) is 1. The highest BCUT2D eigenvalue weighted by atomic mass is 35.5. The second-order valence-corrected chi connectivity index (χ2v) is 9.59. The van der Waals surface area contributed by atoms with Crippen LogP contribution >= 0.6 is 11.6 Å². The zero-order valence-electron chi connectivity index (χ0n) is 17.3. The van der Waals surface area contributed by atoms with Crippen molar-refractivity contribution in [3.63, 3.8) is 0 Å². The van der Waals surface area contributed by atoms with Crippen molar-refractivity contribution in [2.24, 2.45) is 5.10 Å². The van der Waals surface area contributed by atoms with Crippen LogP contribution in [0, 0.1) is 0 Å². The Labute approximate surface area is 198 Å². The molecular weight excluding hydrogens is 491 g/mol. The molecule has 176 valence electrons. The van der Waals surface area contributed by atoms with E-state index in [9.17, 15) is 26.4 Å². The Morgan fingerprint density at radius 1 is 0.971 bits per heavy atom. The van der Waals surface area contributed by atoms with Crippen molar-refractivity contribution in [1.29, 1.82) is 0 Å². The summed E-state index contributed by atoms with van der Waals surface area (Å²) < 4.78 is 65.3. The second kappa shape index (κ2) is 9.11. The quantitative estimate of drug-likeness (QED) is 0.523. The molecule has 4 rings (SSSR count). The van der Waals surface area contributed by atoms with E-state index in [1.54, 1.807) is 24.3 Å². The fourth-order valence-corrected chi connectivity index (χ4v) is 4.58. The first kappa shape index (κ1) is 23.8. The summed E-state index contributed by atoms with van der Waals surface area (Å²) in [6, 6.07) is 18.0. The van der Waals surface area contributed by atoms with Gasteiger partial charge >= 0.3 is 12.2 Å². The van der Waals surface area contributed by atoms with Crippen LogP contribution in [0.5, 0.6) is 0 Å². The summed E-state index contributed by atoms with van der Waals surface area (Å²) in [4.78, 5) is 12.3. The van der Waals surface area contributed by atoms with Crippen LogP contribution in [0.1, 0.15) is 22.6 Å². The molecule has 2 amide bonds. The van der Waals surface area contributed by atoms with Gasteiger partial charge in [-0.3, -0.25) is 0 Å². The summed E-state index contributed by atoms with van der Waals surface area (Å²) in [6.07, 6.45) is -4.61. The standard InChI is InChI=1S/C23H17ClF3N3O3S/c24-18-10-6-16(7-11-18)21-20(15-4-2-1-3-5-15)14-30(28-21)22(31)29-34(32,33)19-12-8-17(9-13-19)23(25,26)27/h1-13,20H,14H2,(H,29,31). The van der Waals surface area contributed by atoms with Crippen LogP contribution in [0.4, 0.5) is 18.0 Å². The molecule has 0 radical (unpaired) electrons. The number of alkyl halides is 3. The number of sulfonamides is 1. The minimum absolute atomic E-state index is 0.0658. The van der Waals surface area contributed by atoms with Gasteiger partial charge in [0.15, 0.2) is 0 Å². The Morgan fingerprint density at radius 3 is 2.18 bits per heavy atom. The van der Waals surface area contributed by atoms with Gasteiger partial charge in [-0.05, 0) is 47.5 Å². The maximum atomic E-state index is 12.8. The number of hydrogen-bond acceptors (Lipinski definition) is 4. The molecule has 6 nitrogen and oxygen atoms in total. The second-order valence-electron chi connectivity index (χ2n) is 7.47. The maximum Gasteiger partial charge on any atom is 0.416 e. The summed E-state index contributed by atoms with van der Waals surface area (Å²) >= 11 is 5.97. The van der Waals surface area contributed by atoms with Gasteiger partial charge in [0.2, 0.25) is 0 Å². The van der Waals surface area contributed by atoms with Gasteiger partial charge in [0.1, 0.15) is 0 Å². The van der Waals surface area contributed by atoms with Crippen molar-refractivity contribution in [1.82, 2.24) is 9.73 Å². The first-order valence-corrected chi connectivity index (χ1v) is 11.8. The topological polar surface area (TPSA) is 78.8 Å². The Morgan fingerprint density at radius 2 is 1.59 bits per heavy atom. The number of nitrogens with one attached hydrogen (secondary N) is 1. The van der Waals surface area contributed by atoms with E-state index in [0.717, 1.165) is 22.7 Å². The molecule has 0 saturated carbocycles. The van der Waals surface area contributed by atoms with Crippen molar-refractivity contribution >= 4 is 33.4 Å². The van der Waals surface area contributed by atoms with Crippen molar-refractivity contribution in [3.05, 3.63) is 101 Å². The highest BCUT2D eigenvalue weighted by Gasteiger charge is 2.34. The summed E-state index contributed by atoms with van der Waals surface area (Å²) in [7, 11) is -4.42. The Balaban J connectivity index is 1.59. The van der Waals surface area contributed by atoms with Crippen LogP contribution in [0.3, 0.4) is 0 Å². The fourth-order valence-electron chi connectivity index (χ4n) is 3.51. The number of nitrogens with zero attached hydrogens (tertiary/aromatic N) is 2. The molecule has 1 atom stereocenters. The molecule has 1 unspecified atom stereocenters. The molecule has 3 aromatic rings. The molecule has 34 heavy (non-hydrogen) atoms. The molecule has 0 aliphatic carbocycles. The number of carbonyl (C=O) groups excluding carboxylic acids is 1. The van der Waals surface area contributed by atoms with Crippen LogP contribution in [-0.2, 0) is 16.2 Å². The number of urea groups is 1. The van der Waals surface area contributed by atoms with E-state index in [-0.39, 0.29) is 12.5 Å². The Hall–Kier alpha value is -3.37. The lowest BCUT2D eigenvalue weighted by Crippen LogP contribution is -2.39. The van der Waals surface area contributed by atoms with Crippen molar-refractivity contribution in [3.8, 4) is 0 Å². The van der Waals surface area contributed by atoms with E-state index in [1.807, 2.05) is 35.1 Å². The van der Waals surface area contributed by atoms with E-state index in [0.29, 0.717) is 28.4 Å². The highest BCUT2D eigenvalue weighted by Crippen LogP contribution is 2.31. The normalized spacial score (nSPS) is 16.3. The molecule has 1 aliphatic heterocycles. The van der Waals surface area contributed by atoms with Crippen LogP contribution in [0.2, 0.25) is 5.02 Å². The molecule has 1 aliphatic rings. The number of carbonyl (C=O) groups is 1. The van der Waals surface area contributed by atoms with Crippen molar-refractivity contribution in [2.45, 2.75) is 17.0 Å². The smallest absolute Gasteiger partial charge is 0.246 e. The van der Waals surface area contributed by atoms with Gasteiger partial charge in [-0.25, -0.2) is 22.9 Å². The van der Waals surface area contributed by atoms with E-state index >= 15 is 0 Å². The SMILES string of the molecule is O=C(NS(=O)(=O)c1ccc(C(F)(F)F)cc1)N1CC(c2ccccc2)C(c2ccc(Cl)cc2)=N1. The molecule has 1 heterocycles. The third-order valence-corrected chi connectivity index (χ3v) is 6.79. The van der Waals surface area contributed by atoms with E-state index in [2.05, 4.69) is 5.10 Å². The van der Waals surface area contributed by atoms with Gasteiger partial charge in [0.25, 0.3) is 10.0 Å². The molecule has 0 bridgehead atoms. The molecule has 11 heteroatoms. The van der Waals surface area contributed by atoms with Gasteiger partial charge in [0, 0.05) is 10.9 Å². The van der Waals surface area contributed by atoms with E-state index < -0.39 is 32.7 Å². The predicted octanol–water partition coefficient (Wildman–Crippen LogP) is 5.26. The number of rotatable bonds is 4. The van der Waals surface area contributed by atoms with E-state index in [4.69, 9.17) is 11.6 Å². The number of hydrazone groups is 1. The van der Waals surface area contributed by atoms with Crippen LogP contribution in [0.25, 0.3) is 0 Å². The van der Waals surface area contributed by atoms with E-state index in [1.165, 1.54) is 0 Å². The first-order chi connectivity index (χ1) is 16.0. The monoisotopic (exact) mass is 507 g/mol. The maximum absolute atomic E-state index is 12.8. The molecule has 0 fully saturated rings. The summed E-state index contributed by atoms with van der Waals surface area (Å²) in [5.41, 5.74) is 1.13. The average molecular weight is 508 g/mol. The van der Waals surface area contributed by atoms with Gasteiger partial charge in [0.05, 0.1) is 22.7 Å². The average Bonchev–Trinajstić information content (AvgIpc) is 3.25. The van der Waals surface area contributed by atoms with Gasteiger partial charge in [-0.15, -0.1) is 0 Å². The lowest BCUT2D eigenvalue weighted by Gasteiger charge is -2.16. The molecule has 0 spiro atoms. The Bertz CT molecular complexity index is 1330. The molecular formula is C23H17ClF3N3O3S. The largest absolute Gasteiger partial charge is 0.416 e. The van der Waals surface area contributed by atoms with Gasteiger partial charge in [-0.2, -0.15) is 18.3 Å². The molecule has 0 saturated heterocycles. The first-order valence-electron chi connectivity index (χ1n) is 9.95. The predicted molar refractivity (Wildman–Crippen MR) is 121 cm³/mol. The van der Waals surface area contributed by atoms with Crippen molar-refractivity contribution < 1.29 is 26.4 Å². The summed E-state index contributed by atoms with van der Waals surface area (Å²) in [5, 5.41) is 5.86. The number of benzene rings is 3. The number of amides is 2. The summed E-state index contributed by atoms with van der Waals surface area (Å²) in [5.74, 6) is -0.332. The van der Waals surface area contributed by atoms with Gasteiger partial charge < -0.3 is 0 Å². The van der Waals surface area contributed by atoms with Crippen molar-refractivity contribution in [2.75, 3.05) is 6.54 Å². The molecule has 3 aromatic carbocycles. The molecule has 0 aromatic heterocycles. The van der Waals surface area contributed by atoms with Crippen LogP contribution in [-0.4, -0.2) is 31.7 Å². The minimum atomic E-state index is -4.61.